The van der Waals surface area contributed by atoms with Crippen LogP contribution in [0.5, 0.6) is 0 Å². The van der Waals surface area contributed by atoms with Crippen LogP contribution in [-0.4, -0.2) is 12.4 Å². The molecule has 0 fully saturated rings. The molecule has 0 aliphatic rings. The summed E-state index contributed by atoms with van der Waals surface area (Å²) < 4.78 is 0. The smallest absolute Gasteiger partial charge is 0.122 e. The third-order valence-corrected chi connectivity index (χ3v) is 1.70. The normalized spacial score (nSPS) is 8.36. The van der Waals surface area contributed by atoms with Crippen LogP contribution in [0.1, 0.15) is 11.1 Å². The third kappa shape index (κ3) is 4.46. The highest BCUT2D eigenvalue weighted by Crippen LogP contribution is 2.03. The lowest BCUT2D eigenvalue weighted by atomic mass is 10.1. The number of amidine groups is 1. The van der Waals surface area contributed by atoms with Gasteiger partial charge in [-0.25, -0.2) is 0 Å². The lowest BCUT2D eigenvalue weighted by molar-refractivity contribution is 0.968. The predicted molar refractivity (Wildman–Crippen MR) is 64.7 cm³/mol. The van der Waals surface area contributed by atoms with E-state index >= 15 is 0 Å². The Hall–Kier alpha value is -0.770. The van der Waals surface area contributed by atoms with Gasteiger partial charge in [0, 0.05) is 5.56 Å². The molecule has 0 bridgehead atoms. The predicted octanol–water partition coefficient (Wildman–Crippen LogP) is 1.32. The lowest BCUT2D eigenvalue weighted by Gasteiger charge is -2.00. The summed E-state index contributed by atoms with van der Waals surface area (Å²) in [5.41, 5.74) is 12.6. The molecule has 0 aliphatic heterocycles. The van der Waals surface area contributed by atoms with Crippen molar-refractivity contribution in [1.82, 2.24) is 0 Å². The number of rotatable bonds is 3. The Morgan fingerprint density at radius 1 is 1.14 bits per heavy atom. The highest BCUT2D eigenvalue weighted by Gasteiger charge is 1.95. The van der Waals surface area contributed by atoms with Crippen LogP contribution >= 0.6 is 24.8 Å². The number of nitrogens with one attached hydrogen (secondary N) is 1. The minimum atomic E-state index is 0. The molecule has 0 saturated carbocycles. The van der Waals surface area contributed by atoms with Gasteiger partial charge in [0.15, 0.2) is 0 Å². The number of benzene rings is 1. The Labute approximate surface area is 96.2 Å². The molecule has 1 aromatic carbocycles. The van der Waals surface area contributed by atoms with E-state index in [1.807, 2.05) is 24.3 Å². The molecule has 0 unspecified atom stereocenters. The van der Waals surface area contributed by atoms with Gasteiger partial charge in [0.25, 0.3) is 0 Å². The highest BCUT2D eigenvalue weighted by atomic mass is 35.5. The fourth-order valence-corrected chi connectivity index (χ4v) is 1.02. The van der Waals surface area contributed by atoms with Crippen molar-refractivity contribution in [3.8, 4) is 0 Å². The Balaban J connectivity index is 0. The zero-order valence-corrected chi connectivity index (χ0v) is 9.33. The largest absolute Gasteiger partial charge is 0.384 e. The maximum Gasteiger partial charge on any atom is 0.122 e. The summed E-state index contributed by atoms with van der Waals surface area (Å²) in [5, 5.41) is 7.16. The van der Waals surface area contributed by atoms with Crippen molar-refractivity contribution in [3.63, 3.8) is 0 Å². The van der Waals surface area contributed by atoms with Crippen molar-refractivity contribution in [2.45, 2.75) is 6.42 Å². The van der Waals surface area contributed by atoms with Crippen molar-refractivity contribution in [2.75, 3.05) is 6.54 Å². The van der Waals surface area contributed by atoms with E-state index in [9.17, 15) is 0 Å². The number of halogens is 2. The van der Waals surface area contributed by atoms with E-state index in [-0.39, 0.29) is 30.6 Å². The van der Waals surface area contributed by atoms with Gasteiger partial charge >= 0.3 is 0 Å². The molecular formula is C9H15Cl2N3. The number of hydrogen-bond donors (Lipinski definition) is 3. The van der Waals surface area contributed by atoms with E-state index in [2.05, 4.69) is 0 Å². The van der Waals surface area contributed by atoms with E-state index in [0.717, 1.165) is 12.0 Å². The van der Waals surface area contributed by atoms with Crippen LogP contribution in [0.4, 0.5) is 0 Å². The van der Waals surface area contributed by atoms with Gasteiger partial charge in [-0.3, -0.25) is 5.41 Å². The molecule has 0 amide bonds. The van der Waals surface area contributed by atoms with Crippen LogP contribution in [0.25, 0.3) is 0 Å². The van der Waals surface area contributed by atoms with E-state index < -0.39 is 0 Å². The Morgan fingerprint density at radius 3 is 2.00 bits per heavy atom. The Bertz CT molecular complexity index is 272. The van der Waals surface area contributed by atoms with Crippen LogP contribution in [0.2, 0.25) is 0 Å². The second-order valence-corrected chi connectivity index (χ2v) is 2.65. The zero-order valence-electron chi connectivity index (χ0n) is 7.69. The molecule has 3 nitrogen and oxygen atoms in total. The number of nitrogen functional groups attached to an aromatic ring is 1. The first-order valence-electron chi connectivity index (χ1n) is 3.87. The van der Waals surface area contributed by atoms with Crippen molar-refractivity contribution in [1.29, 1.82) is 5.41 Å². The molecule has 0 spiro atoms. The summed E-state index contributed by atoms with van der Waals surface area (Å²) >= 11 is 0. The van der Waals surface area contributed by atoms with Crippen LogP contribution in [-0.2, 0) is 6.42 Å². The standard InChI is InChI=1S/C9H13N3.2ClH/c10-6-5-7-1-3-8(4-2-7)9(11)12;;/h1-4H,5-6,10H2,(H3,11,12);2*1H. The van der Waals surface area contributed by atoms with Crippen molar-refractivity contribution in [3.05, 3.63) is 35.4 Å². The van der Waals surface area contributed by atoms with Gasteiger partial charge in [0.1, 0.15) is 5.84 Å². The Kier molecular flexibility index (Phi) is 8.54. The van der Waals surface area contributed by atoms with Crippen molar-refractivity contribution in [2.24, 2.45) is 11.5 Å². The van der Waals surface area contributed by atoms with Crippen LogP contribution < -0.4 is 11.5 Å². The fraction of sp³-hybridized carbons (Fsp3) is 0.222. The molecule has 5 heteroatoms. The van der Waals surface area contributed by atoms with Crippen LogP contribution in [0, 0.1) is 5.41 Å². The third-order valence-electron chi connectivity index (χ3n) is 1.70. The molecule has 0 radical (unpaired) electrons. The maximum atomic E-state index is 7.16. The van der Waals surface area contributed by atoms with Gasteiger partial charge in [-0.2, -0.15) is 0 Å². The summed E-state index contributed by atoms with van der Waals surface area (Å²) in [4.78, 5) is 0. The molecule has 0 aliphatic carbocycles. The van der Waals surface area contributed by atoms with Gasteiger partial charge in [0.2, 0.25) is 0 Å². The van der Waals surface area contributed by atoms with Crippen molar-refractivity contribution < 1.29 is 0 Å². The van der Waals surface area contributed by atoms with Gasteiger partial charge in [0.05, 0.1) is 0 Å². The molecule has 0 aromatic heterocycles. The molecular weight excluding hydrogens is 221 g/mol. The first kappa shape index (κ1) is 15.7. The fourth-order valence-electron chi connectivity index (χ4n) is 1.02. The average Bonchev–Trinajstić information content (AvgIpc) is 2.06. The van der Waals surface area contributed by atoms with E-state index in [4.69, 9.17) is 16.9 Å². The second kappa shape index (κ2) is 7.62. The SMILES string of the molecule is Cl.Cl.N=C(N)c1ccc(CCN)cc1. The molecule has 14 heavy (non-hydrogen) atoms. The summed E-state index contributed by atoms with van der Waals surface area (Å²) in [5.74, 6) is 0.106. The minimum absolute atomic E-state index is 0. The lowest BCUT2D eigenvalue weighted by Crippen LogP contribution is -2.11. The van der Waals surface area contributed by atoms with Gasteiger partial charge in [-0.15, -0.1) is 24.8 Å². The van der Waals surface area contributed by atoms with E-state index in [1.165, 1.54) is 5.56 Å². The molecule has 0 heterocycles. The molecule has 80 valence electrons. The van der Waals surface area contributed by atoms with Crippen LogP contribution in [0.15, 0.2) is 24.3 Å². The van der Waals surface area contributed by atoms with Crippen LogP contribution in [0.3, 0.4) is 0 Å². The highest BCUT2D eigenvalue weighted by molar-refractivity contribution is 5.94. The van der Waals surface area contributed by atoms with Crippen molar-refractivity contribution >= 4 is 30.6 Å². The van der Waals surface area contributed by atoms with E-state index in [0.29, 0.717) is 6.54 Å². The maximum absolute atomic E-state index is 7.16. The topological polar surface area (TPSA) is 75.9 Å². The number of hydrogen-bond acceptors (Lipinski definition) is 2. The summed E-state index contributed by atoms with van der Waals surface area (Å²) in [7, 11) is 0. The second-order valence-electron chi connectivity index (χ2n) is 2.65. The first-order valence-corrected chi connectivity index (χ1v) is 3.87. The summed E-state index contributed by atoms with van der Waals surface area (Å²) in [6.07, 6.45) is 0.873. The first-order chi connectivity index (χ1) is 5.74. The minimum Gasteiger partial charge on any atom is -0.384 e. The molecule has 5 N–H and O–H groups in total. The molecule has 1 aromatic rings. The number of nitrogens with two attached hydrogens (primary N) is 2. The van der Waals surface area contributed by atoms with Gasteiger partial charge < -0.3 is 11.5 Å². The molecule has 0 saturated heterocycles. The van der Waals surface area contributed by atoms with Gasteiger partial charge in [-0.1, -0.05) is 24.3 Å². The molecule has 1 rings (SSSR count). The monoisotopic (exact) mass is 235 g/mol. The summed E-state index contributed by atoms with van der Waals surface area (Å²) in [6, 6.07) is 7.58. The summed E-state index contributed by atoms with van der Waals surface area (Å²) in [6.45, 7) is 0.652. The average molecular weight is 236 g/mol. The molecule has 0 atom stereocenters. The zero-order chi connectivity index (χ0) is 8.97. The Morgan fingerprint density at radius 2 is 1.64 bits per heavy atom. The van der Waals surface area contributed by atoms with Gasteiger partial charge in [-0.05, 0) is 18.5 Å². The van der Waals surface area contributed by atoms with E-state index in [1.54, 1.807) is 0 Å². The quantitative estimate of drug-likeness (QED) is 0.546.